The number of ether oxygens (including phenoxy) is 1. The molecule has 2 aromatic rings. The summed E-state index contributed by atoms with van der Waals surface area (Å²) in [7, 11) is 0. The molecule has 0 heterocycles. The highest BCUT2D eigenvalue weighted by Gasteiger charge is 2.37. The number of nitrogens with one attached hydrogen (secondary N) is 1. The lowest BCUT2D eigenvalue weighted by molar-refractivity contribution is -0.139. The van der Waals surface area contributed by atoms with Gasteiger partial charge in [0.05, 0.1) is 10.6 Å². The fourth-order valence-electron chi connectivity index (χ4n) is 2.19. The number of anilines is 1. The van der Waals surface area contributed by atoms with Crippen LogP contribution in [-0.2, 0) is 6.18 Å². The third-order valence-corrected chi connectivity index (χ3v) is 3.60. The van der Waals surface area contributed by atoms with Gasteiger partial charge in [0.1, 0.15) is 11.9 Å². The second-order valence-corrected chi connectivity index (χ2v) is 7.15. The molecule has 2 rings (SSSR count). The number of benzene rings is 2. The number of alkyl halides is 3. The number of carbonyl (C=O) groups excluding carboxylic acids is 2. The van der Waals surface area contributed by atoms with E-state index in [1.54, 1.807) is 20.8 Å². The topological polar surface area (TPSA) is 55.4 Å². The maximum absolute atomic E-state index is 13.5. The number of aldehydes is 1. The molecule has 0 atom stereocenters. The van der Waals surface area contributed by atoms with E-state index in [4.69, 9.17) is 16.3 Å². The smallest absolute Gasteiger partial charge is 0.420 e. The van der Waals surface area contributed by atoms with Gasteiger partial charge in [-0.2, -0.15) is 13.2 Å². The summed E-state index contributed by atoms with van der Waals surface area (Å²) in [5.41, 5.74) is -1.59. The molecule has 0 saturated carbocycles. The first kappa shape index (κ1) is 20.8. The molecule has 0 aliphatic carbocycles. The normalized spacial score (nSPS) is 11.8. The van der Waals surface area contributed by atoms with Crippen molar-refractivity contribution in [2.75, 3.05) is 5.32 Å². The van der Waals surface area contributed by atoms with Crippen molar-refractivity contribution in [3.05, 3.63) is 58.1 Å². The molecule has 8 heteroatoms. The maximum atomic E-state index is 13.5. The minimum absolute atomic E-state index is 0.270. The average Bonchev–Trinajstić information content (AvgIpc) is 2.55. The molecule has 1 N–H and O–H groups in total. The van der Waals surface area contributed by atoms with Gasteiger partial charge >= 0.3 is 6.18 Å². The number of amides is 1. The summed E-state index contributed by atoms with van der Waals surface area (Å²) in [5.74, 6) is -1.30. The van der Waals surface area contributed by atoms with Crippen LogP contribution < -0.4 is 10.1 Å². The zero-order valence-electron chi connectivity index (χ0n) is 14.8. The molecule has 2 aromatic carbocycles. The van der Waals surface area contributed by atoms with Crippen molar-refractivity contribution in [2.45, 2.75) is 32.5 Å². The summed E-state index contributed by atoms with van der Waals surface area (Å²) in [6.07, 6.45) is -4.12. The number of rotatable bonds is 4. The lowest BCUT2D eigenvalue weighted by Crippen LogP contribution is -2.25. The van der Waals surface area contributed by atoms with Crippen LogP contribution in [0, 0.1) is 0 Å². The first-order valence-electron chi connectivity index (χ1n) is 7.87. The molecule has 0 aliphatic heterocycles. The Morgan fingerprint density at radius 1 is 1.11 bits per heavy atom. The van der Waals surface area contributed by atoms with Crippen molar-refractivity contribution in [1.29, 1.82) is 0 Å². The minimum atomic E-state index is -4.76. The molecule has 0 aliphatic rings. The summed E-state index contributed by atoms with van der Waals surface area (Å²) in [5, 5.41) is 2.14. The second-order valence-electron chi connectivity index (χ2n) is 6.74. The van der Waals surface area contributed by atoms with Crippen LogP contribution in [-0.4, -0.2) is 17.8 Å². The molecule has 1 amide bonds. The van der Waals surface area contributed by atoms with E-state index >= 15 is 0 Å². The van der Waals surface area contributed by atoms with Gasteiger partial charge in [-0.1, -0.05) is 11.6 Å². The van der Waals surface area contributed by atoms with E-state index in [-0.39, 0.29) is 10.6 Å². The first-order valence-corrected chi connectivity index (χ1v) is 8.25. The molecule has 0 saturated heterocycles. The van der Waals surface area contributed by atoms with Crippen LogP contribution in [0.25, 0.3) is 0 Å². The van der Waals surface area contributed by atoms with Crippen molar-refractivity contribution in [3.8, 4) is 5.75 Å². The molecule has 0 aromatic heterocycles. The maximum Gasteiger partial charge on any atom is 0.420 e. The predicted molar refractivity (Wildman–Crippen MR) is 96.6 cm³/mol. The highest BCUT2D eigenvalue weighted by Crippen LogP contribution is 2.42. The van der Waals surface area contributed by atoms with Gasteiger partial charge in [-0.15, -0.1) is 0 Å². The fraction of sp³-hybridized carbons (Fsp3) is 0.263. The van der Waals surface area contributed by atoms with E-state index in [1.165, 1.54) is 24.3 Å². The molecule has 27 heavy (non-hydrogen) atoms. The monoisotopic (exact) mass is 399 g/mol. The molecular formula is C19H17ClF3NO3. The highest BCUT2D eigenvalue weighted by molar-refractivity contribution is 6.32. The van der Waals surface area contributed by atoms with E-state index in [2.05, 4.69) is 5.32 Å². The van der Waals surface area contributed by atoms with Gasteiger partial charge < -0.3 is 10.1 Å². The minimum Gasteiger partial charge on any atom is -0.486 e. The van der Waals surface area contributed by atoms with Gasteiger partial charge in [-0.25, -0.2) is 0 Å². The quantitative estimate of drug-likeness (QED) is 0.681. The standard InChI is InChI=1S/C19H17ClF3NO3/c1-18(2,3)27-16-14(19(21,22)23)8-12(9-15(16)20)17(26)24-13-6-4-11(10-25)5-7-13/h4-10H,1-3H3,(H,24,26). The number of hydrogen-bond acceptors (Lipinski definition) is 3. The lowest BCUT2D eigenvalue weighted by Gasteiger charge is -2.25. The van der Waals surface area contributed by atoms with Gasteiger partial charge in [-0.3, -0.25) is 9.59 Å². The van der Waals surface area contributed by atoms with Crippen molar-refractivity contribution < 1.29 is 27.5 Å². The largest absolute Gasteiger partial charge is 0.486 e. The van der Waals surface area contributed by atoms with E-state index in [9.17, 15) is 22.8 Å². The Kier molecular flexibility index (Phi) is 5.85. The van der Waals surface area contributed by atoms with Gasteiger partial charge in [0.15, 0.2) is 5.75 Å². The van der Waals surface area contributed by atoms with Crippen molar-refractivity contribution in [1.82, 2.24) is 0 Å². The van der Waals surface area contributed by atoms with Crippen molar-refractivity contribution >= 4 is 29.5 Å². The van der Waals surface area contributed by atoms with Crippen molar-refractivity contribution in [2.24, 2.45) is 0 Å². The number of carbonyl (C=O) groups is 2. The van der Waals surface area contributed by atoms with Crippen LogP contribution in [0.1, 0.15) is 47.1 Å². The Bertz CT molecular complexity index is 856. The Morgan fingerprint density at radius 3 is 2.19 bits per heavy atom. The van der Waals surface area contributed by atoms with Crippen LogP contribution in [0.5, 0.6) is 5.75 Å². The van der Waals surface area contributed by atoms with Crippen molar-refractivity contribution in [3.63, 3.8) is 0 Å². The van der Waals surface area contributed by atoms with Crippen LogP contribution in [0.4, 0.5) is 18.9 Å². The van der Waals surface area contributed by atoms with E-state index in [1.807, 2.05) is 0 Å². The zero-order chi connectivity index (χ0) is 20.4. The summed E-state index contributed by atoms with van der Waals surface area (Å²) in [4.78, 5) is 23.0. The molecule has 0 spiro atoms. The van der Waals surface area contributed by atoms with Gasteiger partial charge in [0.2, 0.25) is 0 Å². The van der Waals surface area contributed by atoms with Crippen LogP contribution in [0.3, 0.4) is 0 Å². The molecule has 4 nitrogen and oxygen atoms in total. The molecule has 0 bridgehead atoms. The second kappa shape index (κ2) is 7.60. The zero-order valence-corrected chi connectivity index (χ0v) is 15.5. The Morgan fingerprint density at radius 2 is 1.70 bits per heavy atom. The van der Waals surface area contributed by atoms with Crippen LogP contribution in [0.15, 0.2) is 36.4 Å². The Labute approximate surface area is 159 Å². The summed E-state index contributed by atoms with van der Waals surface area (Å²) in [6.45, 7) is 4.77. The summed E-state index contributed by atoms with van der Waals surface area (Å²) >= 11 is 5.99. The molecule has 0 unspecified atom stereocenters. The van der Waals surface area contributed by atoms with E-state index in [0.717, 1.165) is 6.07 Å². The Balaban J connectivity index is 2.40. The lowest BCUT2D eigenvalue weighted by atomic mass is 10.1. The van der Waals surface area contributed by atoms with Gasteiger partial charge in [-0.05, 0) is 57.2 Å². The summed E-state index contributed by atoms with van der Waals surface area (Å²) in [6, 6.07) is 7.68. The molecule has 0 fully saturated rings. The highest BCUT2D eigenvalue weighted by atomic mass is 35.5. The Hall–Kier alpha value is -2.54. The summed E-state index contributed by atoms with van der Waals surface area (Å²) < 4.78 is 45.7. The van der Waals surface area contributed by atoms with Gasteiger partial charge in [0.25, 0.3) is 5.91 Å². The number of hydrogen-bond donors (Lipinski definition) is 1. The van der Waals surface area contributed by atoms with Crippen LogP contribution >= 0.6 is 11.6 Å². The molecular weight excluding hydrogens is 383 g/mol. The predicted octanol–water partition coefficient (Wildman–Crippen LogP) is 5.60. The fourth-order valence-corrected chi connectivity index (χ4v) is 2.45. The van der Waals surface area contributed by atoms with Crippen LogP contribution in [0.2, 0.25) is 5.02 Å². The third kappa shape index (κ3) is 5.47. The van der Waals surface area contributed by atoms with E-state index in [0.29, 0.717) is 23.6 Å². The number of halogens is 4. The van der Waals surface area contributed by atoms with E-state index < -0.39 is 29.0 Å². The third-order valence-electron chi connectivity index (χ3n) is 3.32. The first-order chi connectivity index (χ1) is 12.4. The average molecular weight is 400 g/mol. The molecule has 0 radical (unpaired) electrons. The molecule has 144 valence electrons. The van der Waals surface area contributed by atoms with Gasteiger partial charge in [0, 0.05) is 16.8 Å². The SMILES string of the molecule is CC(C)(C)Oc1c(Cl)cc(C(=O)Nc2ccc(C=O)cc2)cc1C(F)(F)F.